The number of nitrogens with zero attached hydrogens (tertiary/aromatic N) is 3. The third kappa shape index (κ3) is 4.54. The molecule has 11 heteroatoms. The second-order valence-electron chi connectivity index (χ2n) is 6.68. The highest BCUT2D eigenvalue weighted by atomic mass is 32.2. The van der Waals surface area contributed by atoms with E-state index in [2.05, 4.69) is 10.3 Å². The number of hydrogen-bond acceptors (Lipinski definition) is 8. The van der Waals surface area contributed by atoms with Gasteiger partial charge in [0.1, 0.15) is 6.20 Å². The molecule has 1 saturated heterocycles. The van der Waals surface area contributed by atoms with Crippen LogP contribution in [-0.2, 0) is 10.0 Å². The lowest BCUT2D eigenvalue weighted by atomic mass is 10.0. The van der Waals surface area contributed by atoms with Crippen LogP contribution in [0.5, 0.6) is 0 Å². The van der Waals surface area contributed by atoms with Crippen LogP contribution in [0, 0.1) is 16.0 Å². The maximum atomic E-state index is 12.9. The largest absolute Gasteiger partial charge is 0.354 e. The van der Waals surface area contributed by atoms with Crippen LogP contribution in [0.3, 0.4) is 0 Å². The fourth-order valence-corrected chi connectivity index (χ4v) is 5.31. The van der Waals surface area contributed by atoms with E-state index in [1.165, 1.54) is 16.4 Å². The Bertz CT molecular complexity index is 989. The number of carbonyl (C=O) groups excluding carboxylic acids is 1. The van der Waals surface area contributed by atoms with Gasteiger partial charge in [-0.05, 0) is 42.2 Å². The highest BCUT2D eigenvalue weighted by Crippen LogP contribution is 2.26. The number of benzene rings is 1. The molecule has 150 valence electrons. The third-order valence-electron chi connectivity index (χ3n) is 4.49. The number of aromatic nitrogens is 1. The summed E-state index contributed by atoms with van der Waals surface area (Å²) in [6.07, 6.45) is 2.94. The highest BCUT2D eigenvalue weighted by molar-refractivity contribution is 7.89. The molecule has 1 fully saturated rings. The minimum atomic E-state index is -3.65. The standard InChI is InChI=1S/C17H20N4O5S2/c1-12-4-3-7-20(11-12)28(25,26)14-6-2-5-13(8-14)15(22)9-18-17-19-10-16(27-17)21(23)24/h2,5-6,8,10,12H,3-4,7,9,11H2,1H3,(H,18,19). The van der Waals surface area contributed by atoms with Crippen molar-refractivity contribution in [1.29, 1.82) is 0 Å². The number of anilines is 1. The van der Waals surface area contributed by atoms with Crippen LogP contribution in [0.15, 0.2) is 35.4 Å². The minimum Gasteiger partial charge on any atom is -0.354 e. The van der Waals surface area contributed by atoms with Crippen molar-refractivity contribution in [3.8, 4) is 0 Å². The van der Waals surface area contributed by atoms with Crippen molar-refractivity contribution in [1.82, 2.24) is 9.29 Å². The maximum absolute atomic E-state index is 12.9. The van der Waals surface area contributed by atoms with Gasteiger partial charge >= 0.3 is 5.00 Å². The Morgan fingerprint density at radius 1 is 1.46 bits per heavy atom. The van der Waals surface area contributed by atoms with Crippen molar-refractivity contribution in [3.05, 3.63) is 46.1 Å². The molecule has 1 aliphatic rings. The highest BCUT2D eigenvalue weighted by Gasteiger charge is 2.29. The fraction of sp³-hybridized carbons (Fsp3) is 0.412. The summed E-state index contributed by atoms with van der Waals surface area (Å²) in [6.45, 7) is 2.84. The Labute approximate surface area is 166 Å². The molecule has 9 nitrogen and oxygen atoms in total. The van der Waals surface area contributed by atoms with Crippen LogP contribution in [0.25, 0.3) is 0 Å². The van der Waals surface area contributed by atoms with Crippen molar-refractivity contribution >= 4 is 37.3 Å². The van der Waals surface area contributed by atoms with E-state index in [-0.39, 0.29) is 32.9 Å². The summed E-state index contributed by atoms with van der Waals surface area (Å²) in [5, 5.41) is 13.5. The zero-order valence-corrected chi connectivity index (χ0v) is 16.8. The first-order valence-electron chi connectivity index (χ1n) is 8.75. The van der Waals surface area contributed by atoms with Gasteiger partial charge in [-0.3, -0.25) is 14.9 Å². The van der Waals surface area contributed by atoms with E-state index in [9.17, 15) is 23.3 Å². The number of Topliss-reactive ketones (excluding diaryl/α,β-unsaturated/α-hetero) is 1. The number of ketones is 1. The number of thiazole rings is 1. The number of nitrogens with one attached hydrogen (secondary N) is 1. The topological polar surface area (TPSA) is 123 Å². The SMILES string of the molecule is CC1CCCN(S(=O)(=O)c2cccc(C(=O)CNc3ncc([N+](=O)[O-])s3)c2)C1. The second-order valence-corrected chi connectivity index (χ2v) is 9.62. The summed E-state index contributed by atoms with van der Waals surface area (Å²) < 4.78 is 27.2. The zero-order chi connectivity index (χ0) is 20.3. The van der Waals surface area contributed by atoms with Gasteiger partial charge in [-0.1, -0.05) is 19.1 Å². The van der Waals surface area contributed by atoms with Gasteiger partial charge < -0.3 is 5.32 Å². The minimum absolute atomic E-state index is 0.0948. The molecule has 1 aromatic carbocycles. The Hall–Kier alpha value is -2.37. The Morgan fingerprint density at radius 3 is 2.93 bits per heavy atom. The Kier molecular flexibility index (Phi) is 6.06. The van der Waals surface area contributed by atoms with E-state index in [1.54, 1.807) is 12.1 Å². The number of hydrogen-bond donors (Lipinski definition) is 1. The summed E-state index contributed by atoms with van der Waals surface area (Å²) in [4.78, 5) is 26.5. The molecular formula is C17H20N4O5S2. The zero-order valence-electron chi connectivity index (χ0n) is 15.2. The van der Waals surface area contributed by atoms with Crippen LogP contribution in [0.2, 0.25) is 0 Å². The predicted molar refractivity (Wildman–Crippen MR) is 105 cm³/mol. The Balaban J connectivity index is 1.71. The lowest BCUT2D eigenvalue weighted by Crippen LogP contribution is -2.39. The monoisotopic (exact) mass is 424 g/mol. The molecule has 1 aromatic heterocycles. The lowest BCUT2D eigenvalue weighted by Gasteiger charge is -2.30. The van der Waals surface area contributed by atoms with Crippen molar-refractivity contribution in [2.75, 3.05) is 25.0 Å². The number of piperidine rings is 1. The third-order valence-corrected chi connectivity index (χ3v) is 7.25. The van der Waals surface area contributed by atoms with E-state index in [0.29, 0.717) is 19.0 Å². The first-order chi connectivity index (χ1) is 13.3. The first kappa shape index (κ1) is 20.4. The smallest absolute Gasteiger partial charge is 0.345 e. The van der Waals surface area contributed by atoms with Crippen LogP contribution < -0.4 is 5.32 Å². The molecule has 0 saturated carbocycles. The van der Waals surface area contributed by atoms with Crippen LogP contribution in [0.4, 0.5) is 10.1 Å². The summed E-state index contributed by atoms with van der Waals surface area (Å²) >= 11 is 0.828. The number of carbonyl (C=O) groups is 1. The molecule has 28 heavy (non-hydrogen) atoms. The first-order valence-corrected chi connectivity index (χ1v) is 11.0. The van der Waals surface area contributed by atoms with Crippen molar-refractivity contribution in [2.45, 2.75) is 24.7 Å². The molecule has 0 amide bonds. The number of nitro groups is 1. The van der Waals surface area contributed by atoms with E-state index in [1.807, 2.05) is 6.92 Å². The van der Waals surface area contributed by atoms with E-state index < -0.39 is 14.9 Å². The lowest BCUT2D eigenvalue weighted by molar-refractivity contribution is -0.380. The molecule has 1 aliphatic heterocycles. The Morgan fingerprint density at radius 2 is 2.25 bits per heavy atom. The second kappa shape index (κ2) is 8.33. The predicted octanol–water partition coefficient (Wildman–Crippen LogP) is 2.77. The molecule has 1 unspecified atom stereocenters. The molecule has 0 spiro atoms. The maximum Gasteiger partial charge on any atom is 0.345 e. The van der Waals surface area contributed by atoms with Crippen LogP contribution in [-0.4, -0.2) is 48.0 Å². The van der Waals surface area contributed by atoms with Crippen LogP contribution >= 0.6 is 11.3 Å². The molecule has 1 N–H and O–H groups in total. The fourth-order valence-electron chi connectivity index (χ4n) is 3.03. The van der Waals surface area contributed by atoms with Gasteiger partial charge in [-0.2, -0.15) is 4.31 Å². The molecule has 3 rings (SSSR count). The van der Waals surface area contributed by atoms with Gasteiger partial charge in [0.2, 0.25) is 10.0 Å². The van der Waals surface area contributed by atoms with Crippen molar-refractivity contribution in [2.24, 2.45) is 5.92 Å². The number of rotatable bonds is 7. The van der Waals surface area contributed by atoms with Gasteiger partial charge in [0.05, 0.1) is 16.4 Å². The van der Waals surface area contributed by atoms with Crippen molar-refractivity contribution < 1.29 is 18.1 Å². The van der Waals surface area contributed by atoms with E-state index >= 15 is 0 Å². The molecule has 2 heterocycles. The molecule has 0 aliphatic carbocycles. The van der Waals surface area contributed by atoms with Gasteiger partial charge in [0.25, 0.3) is 0 Å². The summed E-state index contributed by atoms with van der Waals surface area (Å²) in [5.74, 6) is -0.0261. The van der Waals surface area contributed by atoms with Crippen LogP contribution in [0.1, 0.15) is 30.1 Å². The van der Waals surface area contributed by atoms with E-state index in [4.69, 9.17) is 0 Å². The molecular weight excluding hydrogens is 404 g/mol. The average Bonchev–Trinajstić information content (AvgIpc) is 3.15. The number of sulfonamides is 1. The normalized spacial score (nSPS) is 18.0. The summed E-state index contributed by atoms with van der Waals surface area (Å²) in [7, 11) is -3.65. The van der Waals surface area contributed by atoms with Gasteiger partial charge in [-0.15, -0.1) is 0 Å². The molecule has 0 bridgehead atoms. The van der Waals surface area contributed by atoms with Gasteiger partial charge in [-0.25, -0.2) is 13.4 Å². The van der Waals surface area contributed by atoms with Crippen molar-refractivity contribution in [3.63, 3.8) is 0 Å². The quantitative estimate of drug-likeness (QED) is 0.412. The van der Waals surface area contributed by atoms with Gasteiger partial charge in [0, 0.05) is 18.7 Å². The van der Waals surface area contributed by atoms with Gasteiger partial charge in [0.15, 0.2) is 10.9 Å². The molecule has 0 radical (unpaired) electrons. The average molecular weight is 425 g/mol. The summed E-state index contributed by atoms with van der Waals surface area (Å²) in [6, 6.07) is 5.96. The molecule has 2 aromatic rings. The van der Waals surface area contributed by atoms with E-state index in [0.717, 1.165) is 30.4 Å². The molecule has 1 atom stereocenters. The summed E-state index contributed by atoms with van der Waals surface area (Å²) in [5.41, 5.74) is 0.254.